The van der Waals surface area contributed by atoms with Crippen LogP contribution >= 0.6 is 11.6 Å². The summed E-state index contributed by atoms with van der Waals surface area (Å²) in [6.07, 6.45) is 4.71. The second-order valence-corrected chi connectivity index (χ2v) is 5.35. The van der Waals surface area contributed by atoms with Crippen LogP contribution in [0.3, 0.4) is 0 Å². The van der Waals surface area contributed by atoms with Gasteiger partial charge in [-0.2, -0.15) is 0 Å². The Kier molecular flexibility index (Phi) is 2.27. The van der Waals surface area contributed by atoms with Gasteiger partial charge in [-0.25, -0.2) is 0 Å². The summed E-state index contributed by atoms with van der Waals surface area (Å²) in [5.41, 5.74) is 2.99. The normalized spacial score (nSPS) is 20.5. The first-order valence-electron chi connectivity index (χ1n) is 5.81. The predicted molar refractivity (Wildman–Crippen MR) is 69.9 cm³/mol. The summed E-state index contributed by atoms with van der Waals surface area (Å²) in [5.74, 6) is 0.364. The van der Waals surface area contributed by atoms with Crippen molar-refractivity contribution in [2.24, 2.45) is 5.41 Å². The van der Waals surface area contributed by atoms with E-state index in [1.54, 1.807) is 0 Å². The van der Waals surface area contributed by atoms with E-state index < -0.39 is 0 Å². The van der Waals surface area contributed by atoms with E-state index in [1.807, 2.05) is 24.3 Å². The average Bonchev–Trinajstić information content (AvgIpc) is 3.01. The van der Waals surface area contributed by atoms with Crippen molar-refractivity contribution < 1.29 is 4.79 Å². The molecule has 2 aliphatic carbocycles. The minimum atomic E-state index is -0.106. The van der Waals surface area contributed by atoms with Crippen molar-refractivity contribution in [3.8, 4) is 0 Å². The number of hydrogen-bond acceptors (Lipinski definition) is 1. The van der Waals surface area contributed by atoms with Gasteiger partial charge >= 0.3 is 0 Å². The van der Waals surface area contributed by atoms with Crippen molar-refractivity contribution in [2.75, 3.05) is 0 Å². The third kappa shape index (κ3) is 1.75. The van der Waals surface area contributed by atoms with Gasteiger partial charge in [0.25, 0.3) is 0 Å². The van der Waals surface area contributed by atoms with Gasteiger partial charge in [0.2, 0.25) is 0 Å². The second kappa shape index (κ2) is 3.58. The monoisotopic (exact) mass is 244 g/mol. The van der Waals surface area contributed by atoms with Gasteiger partial charge in [0, 0.05) is 16.9 Å². The van der Waals surface area contributed by atoms with Gasteiger partial charge < -0.3 is 0 Å². The van der Waals surface area contributed by atoms with Crippen LogP contribution in [0.15, 0.2) is 42.5 Å². The molecule has 0 atom stereocenters. The molecule has 1 fully saturated rings. The fraction of sp³-hybridized carbons (Fsp3) is 0.267. The number of carbonyl (C=O) groups is 1. The summed E-state index contributed by atoms with van der Waals surface area (Å²) < 4.78 is 0. The number of ketones is 1. The minimum Gasteiger partial charge on any atom is -0.298 e. The summed E-state index contributed by atoms with van der Waals surface area (Å²) >= 11 is 5.86. The lowest BCUT2D eigenvalue weighted by atomic mass is 9.99. The molecule has 0 amide bonds. The highest BCUT2D eigenvalue weighted by Crippen LogP contribution is 2.54. The Morgan fingerprint density at radius 1 is 1.24 bits per heavy atom. The van der Waals surface area contributed by atoms with Gasteiger partial charge in [-0.05, 0) is 41.7 Å². The van der Waals surface area contributed by atoms with E-state index in [2.05, 4.69) is 12.7 Å². The first kappa shape index (κ1) is 10.8. The molecule has 1 aromatic carbocycles. The van der Waals surface area contributed by atoms with Crippen LogP contribution in [-0.4, -0.2) is 5.78 Å². The van der Waals surface area contributed by atoms with Crippen molar-refractivity contribution >= 4 is 23.0 Å². The molecule has 1 saturated carbocycles. The number of benzene rings is 1. The Morgan fingerprint density at radius 2 is 1.88 bits per heavy atom. The van der Waals surface area contributed by atoms with Crippen LogP contribution in [0.25, 0.3) is 5.57 Å². The van der Waals surface area contributed by atoms with Gasteiger partial charge in [-0.3, -0.25) is 4.79 Å². The Labute approximate surface area is 106 Å². The molecule has 1 aromatic rings. The van der Waals surface area contributed by atoms with Crippen molar-refractivity contribution in [1.29, 1.82) is 0 Å². The van der Waals surface area contributed by atoms with Crippen molar-refractivity contribution in [3.05, 3.63) is 53.1 Å². The Bertz CT molecular complexity index is 533. The van der Waals surface area contributed by atoms with Crippen molar-refractivity contribution in [2.45, 2.75) is 19.3 Å². The molecule has 2 heteroatoms. The Hall–Kier alpha value is -1.34. The summed E-state index contributed by atoms with van der Waals surface area (Å²) in [7, 11) is 0. The van der Waals surface area contributed by atoms with Crippen LogP contribution in [0.1, 0.15) is 24.8 Å². The quantitative estimate of drug-likeness (QED) is 0.768. The lowest BCUT2D eigenvalue weighted by Crippen LogP contribution is -2.05. The summed E-state index contributed by atoms with van der Waals surface area (Å²) in [6, 6.07) is 7.61. The molecule has 0 N–H and O–H groups in total. The largest absolute Gasteiger partial charge is 0.298 e. The molecule has 0 unspecified atom stereocenters. The topological polar surface area (TPSA) is 17.1 Å². The molecular formula is C15H13ClO. The maximum absolute atomic E-state index is 11.8. The fourth-order valence-corrected chi connectivity index (χ4v) is 2.53. The summed E-state index contributed by atoms with van der Waals surface area (Å²) in [6.45, 7) is 4.10. The molecule has 0 aliphatic heterocycles. The highest BCUT2D eigenvalue weighted by molar-refractivity contribution is 6.30. The maximum Gasteiger partial charge on any atom is 0.147 e. The molecule has 0 aromatic heterocycles. The molecule has 1 nitrogen and oxygen atoms in total. The zero-order valence-electron chi connectivity index (χ0n) is 9.50. The Balaban J connectivity index is 1.89. The van der Waals surface area contributed by atoms with Crippen molar-refractivity contribution in [3.63, 3.8) is 0 Å². The maximum atomic E-state index is 11.8. The molecule has 86 valence electrons. The standard InChI is InChI=1S/C15H13ClO/c1-10(11-2-4-13(16)5-3-11)12-8-14(17)15(9-12)6-7-15/h2-5,9H,1,6-8H2. The zero-order valence-corrected chi connectivity index (χ0v) is 10.3. The number of halogens is 1. The average molecular weight is 245 g/mol. The van der Waals surface area contributed by atoms with Gasteiger partial charge in [-0.15, -0.1) is 0 Å². The van der Waals surface area contributed by atoms with Crippen LogP contribution in [-0.2, 0) is 4.79 Å². The molecule has 0 radical (unpaired) electrons. The molecule has 17 heavy (non-hydrogen) atoms. The lowest BCUT2D eigenvalue weighted by Gasteiger charge is -2.06. The molecule has 0 saturated heterocycles. The van der Waals surface area contributed by atoms with E-state index in [0.717, 1.165) is 34.6 Å². The number of Topliss-reactive ketones (excluding diaryl/α,β-unsaturated/α-hetero) is 1. The first-order chi connectivity index (χ1) is 8.11. The van der Waals surface area contributed by atoms with Crippen molar-refractivity contribution in [1.82, 2.24) is 0 Å². The number of carbonyl (C=O) groups excluding carboxylic acids is 1. The SMILES string of the molecule is C=C(C1=CC2(CC2)C(=O)C1)c1ccc(Cl)cc1. The van der Waals surface area contributed by atoms with E-state index in [0.29, 0.717) is 12.2 Å². The fourth-order valence-electron chi connectivity index (χ4n) is 2.40. The molecule has 3 rings (SSSR count). The molecule has 0 bridgehead atoms. The van der Waals surface area contributed by atoms with E-state index in [4.69, 9.17) is 11.6 Å². The highest BCUT2D eigenvalue weighted by Gasteiger charge is 2.51. The second-order valence-electron chi connectivity index (χ2n) is 4.91. The van der Waals surface area contributed by atoms with Crippen LogP contribution in [0.2, 0.25) is 5.02 Å². The van der Waals surface area contributed by atoms with Gasteiger partial charge in [-0.1, -0.05) is 36.4 Å². The highest BCUT2D eigenvalue weighted by atomic mass is 35.5. The molecule has 0 heterocycles. The van der Waals surface area contributed by atoms with Gasteiger partial charge in [0.1, 0.15) is 5.78 Å². The van der Waals surface area contributed by atoms with Gasteiger partial charge in [0.05, 0.1) is 0 Å². The third-order valence-electron chi connectivity index (χ3n) is 3.73. The van der Waals surface area contributed by atoms with E-state index >= 15 is 0 Å². The van der Waals surface area contributed by atoms with E-state index in [-0.39, 0.29) is 5.41 Å². The van der Waals surface area contributed by atoms with Crippen LogP contribution < -0.4 is 0 Å². The molecule has 1 spiro atoms. The van der Waals surface area contributed by atoms with Gasteiger partial charge in [0.15, 0.2) is 0 Å². The van der Waals surface area contributed by atoms with Crippen LogP contribution in [0, 0.1) is 5.41 Å². The number of hydrogen-bond donors (Lipinski definition) is 0. The molecule has 2 aliphatic rings. The minimum absolute atomic E-state index is 0.106. The third-order valence-corrected chi connectivity index (χ3v) is 3.98. The zero-order chi connectivity index (χ0) is 12.0. The number of rotatable bonds is 2. The smallest absolute Gasteiger partial charge is 0.147 e. The first-order valence-corrected chi connectivity index (χ1v) is 6.19. The Morgan fingerprint density at radius 3 is 2.41 bits per heavy atom. The lowest BCUT2D eigenvalue weighted by molar-refractivity contribution is -0.121. The van der Waals surface area contributed by atoms with E-state index in [1.165, 1.54) is 0 Å². The van der Waals surface area contributed by atoms with Crippen LogP contribution in [0.5, 0.6) is 0 Å². The summed E-state index contributed by atoms with van der Waals surface area (Å²) in [4.78, 5) is 11.8. The summed E-state index contributed by atoms with van der Waals surface area (Å²) in [5, 5.41) is 0.719. The predicted octanol–water partition coefficient (Wildman–Crippen LogP) is 4.03. The number of allylic oxidation sites excluding steroid dienone is 3. The van der Waals surface area contributed by atoms with Crippen LogP contribution in [0.4, 0.5) is 0 Å². The molecular weight excluding hydrogens is 232 g/mol. The van der Waals surface area contributed by atoms with E-state index in [9.17, 15) is 4.79 Å².